The Morgan fingerprint density at radius 1 is 1.39 bits per heavy atom. The third kappa shape index (κ3) is 2.82. The second-order valence-corrected chi connectivity index (χ2v) is 4.91. The molecule has 1 aromatic carbocycles. The average molecular weight is 272 g/mol. The standard InChI is InChI=1S/C13H15ClFNO2/c14-12-8(4-3-5-9(12)15)13(18)16-10-6-1-2-7-11(10)17/h3-5,10-11,17H,1-2,6-7H2,(H,16,18)/t10-,11-/m0/s1. The Balaban J connectivity index is 2.09. The van der Waals surface area contributed by atoms with Gasteiger partial charge in [0.05, 0.1) is 22.7 Å². The number of aliphatic hydroxyl groups is 1. The second kappa shape index (κ2) is 5.67. The van der Waals surface area contributed by atoms with E-state index in [0.717, 1.165) is 19.3 Å². The van der Waals surface area contributed by atoms with Crippen LogP contribution < -0.4 is 5.32 Å². The number of nitrogens with one attached hydrogen (secondary N) is 1. The van der Waals surface area contributed by atoms with Crippen LogP contribution in [0.2, 0.25) is 5.02 Å². The molecule has 3 nitrogen and oxygen atoms in total. The van der Waals surface area contributed by atoms with E-state index in [2.05, 4.69) is 5.32 Å². The van der Waals surface area contributed by atoms with Gasteiger partial charge in [0.15, 0.2) is 0 Å². The number of aliphatic hydroxyl groups excluding tert-OH is 1. The first-order valence-electron chi connectivity index (χ1n) is 6.02. The van der Waals surface area contributed by atoms with Gasteiger partial charge in [-0.05, 0) is 25.0 Å². The van der Waals surface area contributed by atoms with E-state index < -0.39 is 17.8 Å². The molecule has 0 aromatic heterocycles. The highest BCUT2D eigenvalue weighted by Crippen LogP contribution is 2.22. The molecule has 0 radical (unpaired) electrons. The van der Waals surface area contributed by atoms with Crippen molar-refractivity contribution < 1.29 is 14.3 Å². The fourth-order valence-corrected chi connectivity index (χ4v) is 2.42. The van der Waals surface area contributed by atoms with Crippen molar-refractivity contribution in [2.24, 2.45) is 0 Å². The molecule has 1 saturated carbocycles. The van der Waals surface area contributed by atoms with Crippen molar-refractivity contribution in [3.8, 4) is 0 Å². The minimum absolute atomic E-state index is 0.106. The number of hydrogen-bond donors (Lipinski definition) is 2. The first kappa shape index (κ1) is 13.3. The maximum Gasteiger partial charge on any atom is 0.253 e. The molecule has 2 N–H and O–H groups in total. The molecule has 0 heterocycles. The summed E-state index contributed by atoms with van der Waals surface area (Å²) in [6.07, 6.45) is 2.82. The van der Waals surface area contributed by atoms with E-state index in [1.807, 2.05) is 0 Å². The van der Waals surface area contributed by atoms with Gasteiger partial charge in [0.2, 0.25) is 0 Å². The topological polar surface area (TPSA) is 49.3 Å². The van der Waals surface area contributed by atoms with E-state index in [1.54, 1.807) is 0 Å². The fraction of sp³-hybridized carbons (Fsp3) is 0.462. The van der Waals surface area contributed by atoms with E-state index in [1.165, 1.54) is 18.2 Å². The molecule has 1 aliphatic carbocycles. The summed E-state index contributed by atoms with van der Waals surface area (Å²) in [5.41, 5.74) is 0.106. The number of halogens is 2. The van der Waals surface area contributed by atoms with Crippen LogP contribution in [-0.2, 0) is 0 Å². The molecule has 1 aromatic rings. The molecule has 0 saturated heterocycles. The Hall–Kier alpha value is -1.13. The van der Waals surface area contributed by atoms with Crippen molar-refractivity contribution in [3.63, 3.8) is 0 Å². The predicted molar refractivity (Wildman–Crippen MR) is 67.1 cm³/mol. The number of carbonyl (C=O) groups is 1. The minimum atomic E-state index is -0.617. The number of benzene rings is 1. The maximum absolute atomic E-state index is 13.2. The van der Waals surface area contributed by atoms with Gasteiger partial charge in [-0.3, -0.25) is 4.79 Å². The van der Waals surface area contributed by atoms with Crippen molar-refractivity contribution in [1.82, 2.24) is 5.32 Å². The van der Waals surface area contributed by atoms with Gasteiger partial charge in [-0.2, -0.15) is 0 Å². The number of carbonyl (C=O) groups excluding carboxylic acids is 1. The van der Waals surface area contributed by atoms with Crippen LogP contribution in [0.5, 0.6) is 0 Å². The Morgan fingerprint density at radius 2 is 2.11 bits per heavy atom. The zero-order valence-corrected chi connectivity index (χ0v) is 10.6. The summed E-state index contributed by atoms with van der Waals surface area (Å²) in [6, 6.07) is 3.84. The molecule has 98 valence electrons. The molecule has 2 atom stereocenters. The molecular formula is C13H15ClFNO2. The van der Waals surface area contributed by atoms with Gasteiger partial charge in [0.1, 0.15) is 5.82 Å². The van der Waals surface area contributed by atoms with Gasteiger partial charge in [-0.15, -0.1) is 0 Å². The van der Waals surface area contributed by atoms with Crippen LogP contribution in [0, 0.1) is 5.82 Å². The molecule has 0 aliphatic heterocycles. The number of rotatable bonds is 2. The van der Waals surface area contributed by atoms with Crippen LogP contribution in [0.1, 0.15) is 36.0 Å². The van der Waals surface area contributed by atoms with Crippen molar-refractivity contribution in [2.45, 2.75) is 37.8 Å². The number of amides is 1. The summed E-state index contributed by atoms with van der Waals surface area (Å²) in [5.74, 6) is -1.06. The zero-order valence-electron chi connectivity index (χ0n) is 9.83. The van der Waals surface area contributed by atoms with Gasteiger partial charge in [0.25, 0.3) is 5.91 Å². The van der Waals surface area contributed by atoms with Crippen LogP contribution in [0.25, 0.3) is 0 Å². The first-order chi connectivity index (χ1) is 8.59. The smallest absolute Gasteiger partial charge is 0.253 e. The van der Waals surface area contributed by atoms with Crippen molar-refractivity contribution >= 4 is 17.5 Å². The van der Waals surface area contributed by atoms with Gasteiger partial charge in [0, 0.05) is 0 Å². The van der Waals surface area contributed by atoms with Gasteiger partial charge < -0.3 is 10.4 Å². The number of hydrogen-bond acceptors (Lipinski definition) is 2. The molecule has 1 fully saturated rings. The maximum atomic E-state index is 13.2. The quantitative estimate of drug-likeness (QED) is 0.868. The highest BCUT2D eigenvalue weighted by molar-refractivity contribution is 6.34. The SMILES string of the molecule is O=C(N[C@H]1CCCC[C@@H]1O)c1cccc(F)c1Cl. The molecule has 1 amide bonds. The Labute approximate surface area is 110 Å². The lowest BCUT2D eigenvalue weighted by Gasteiger charge is -2.28. The Kier molecular flexibility index (Phi) is 4.19. The summed E-state index contributed by atoms with van der Waals surface area (Å²) in [7, 11) is 0. The van der Waals surface area contributed by atoms with E-state index in [4.69, 9.17) is 11.6 Å². The van der Waals surface area contributed by atoms with Crippen LogP contribution in [0.4, 0.5) is 4.39 Å². The largest absolute Gasteiger partial charge is 0.391 e. The highest BCUT2D eigenvalue weighted by Gasteiger charge is 2.25. The lowest BCUT2D eigenvalue weighted by atomic mass is 9.92. The molecule has 0 unspecified atom stereocenters. The first-order valence-corrected chi connectivity index (χ1v) is 6.40. The van der Waals surface area contributed by atoms with Crippen molar-refractivity contribution in [3.05, 3.63) is 34.6 Å². The van der Waals surface area contributed by atoms with Crippen LogP contribution in [0.15, 0.2) is 18.2 Å². The van der Waals surface area contributed by atoms with Crippen molar-refractivity contribution in [1.29, 1.82) is 0 Å². The molecule has 18 heavy (non-hydrogen) atoms. The average Bonchev–Trinajstić information content (AvgIpc) is 2.35. The predicted octanol–water partition coefficient (Wildman–Crippen LogP) is 2.51. The molecular weight excluding hydrogens is 257 g/mol. The second-order valence-electron chi connectivity index (χ2n) is 4.53. The minimum Gasteiger partial charge on any atom is -0.391 e. The molecule has 2 rings (SSSR count). The molecule has 5 heteroatoms. The summed E-state index contributed by atoms with van der Waals surface area (Å²) < 4.78 is 13.2. The van der Waals surface area contributed by atoms with E-state index in [0.29, 0.717) is 6.42 Å². The normalized spacial score (nSPS) is 23.7. The van der Waals surface area contributed by atoms with E-state index >= 15 is 0 Å². The molecule has 0 bridgehead atoms. The van der Waals surface area contributed by atoms with Crippen LogP contribution in [-0.4, -0.2) is 23.2 Å². The van der Waals surface area contributed by atoms with Crippen molar-refractivity contribution in [2.75, 3.05) is 0 Å². The summed E-state index contributed by atoms with van der Waals surface area (Å²) in [4.78, 5) is 12.0. The van der Waals surface area contributed by atoms with E-state index in [-0.39, 0.29) is 16.6 Å². The molecule has 0 spiro atoms. The van der Waals surface area contributed by atoms with Crippen LogP contribution in [0.3, 0.4) is 0 Å². The fourth-order valence-electron chi connectivity index (χ4n) is 2.20. The third-order valence-electron chi connectivity index (χ3n) is 3.24. The summed E-state index contributed by atoms with van der Waals surface area (Å²) in [5, 5.41) is 12.3. The van der Waals surface area contributed by atoms with Crippen LogP contribution >= 0.6 is 11.6 Å². The monoisotopic (exact) mass is 271 g/mol. The lowest BCUT2D eigenvalue weighted by molar-refractivity contribution is 0.0717. The highest BCUT2D eigenvalue weighted by atomic mass is 35.5. The van der Waals surface area contributed by atoms with E-state index in [9.17, 15) is 14.3 Å². The zero-order chi connectivity index (χ0) is 13.1. The Bertz CT molecular complexity index is 453. The molecule has 1 aliphatic rings. The summed E-state index contributed by atoms with van der Waals surface area (Å²) in [6.45, 7) is 0. The lowest BCUT2D eigenvalue weighted by Crippen LogP contribution is -2.45. The third-order valence-corrected chi connectivity index (χ3v) is 3.63. The summed E-state index contributed by atoms with van der Waals surface area (Å²) >= 11 is 5.74. The van der Waals surface area contributed by atoms with Gasteiger partial charge in [-0.25, -0.2) is 4.39 Å². The van der Waals surface area contributed by atoms with Gasteiger partial charge in [-0.1, -0.05) is 30.5 Å². The van der Waals surface area contributed by atoms with Gasteiger partial charge >= 0.3 is 0 Å². The Morgan fingerprint density at radius 3 is 2.83 bits per heavy atom.